The van der Waals surface area contributed by atoms with Crippen LogP contribution in [0.2, 0.25) is 0 Å². The van der Waals surface area contributed by atoms with Gasteiger partial charge in [0.2, 0.25) is 0 Å². The topological polar surface area (TPSA) is 0 Å². The van der Waals surface area contributed by atoms with Crippen LogP contribution in [0.15, 0.2) is 18.2 Å². The second kappa shape index (κ2) is 4.05. The highest BCUT2D eigenvalue weighted by Gasteiger charge is 2.20. The summed E-state index contributed by atoms with van der Waals surface area (Å²) in [7, 11) is 0. The third-order valence-corrected chi connectivity index (χ3v) is 2.37. The van der Waals surface area contributed by atoms with Crippen molar-refractivity contribution in [1.29, 1.82) is 0 Å². The van der Waals surface area contributed by atoms with Crippen LogP contribution in [0, 0.1) is 13.8 Å². The quantitative estimate of drug-likeness (QED) is 0.642. The van der Waals surface area contributed by atoms with Crippen molar-refractivity contribution in [3.63, 3.8) is 0 Å². The molecule has 0 saturated heterocycles. The van der Waals surface area contributed by atoms with E-state index >= 15 is 0 Å². The molecular weight excluding hydrogens is 194 g/mol. The Morgan fingerprint density at radius 2 is 1.85 bits per heavy atom. The molecular formula is C10H11ClF2. The van der Waals surface area contributed by atoms with Crippen molar-refractivity contribution in [3.05, 3.63) is 34.9 Å². The van der Waals surface area contributed by atoms with E-state index in [1.54, 1.807) is 19.1 Å². The van der Waals surface area contributed by atoms with Gasteiger partial charge in [-0.15, -0.1) is 11.6 Å². The van der Waals surface area contributed by atoms with Crippen LogP contribution in [0.25, 0.3) is 0 Å². The second-order valence-electron chi connectivity index (χ2n) is 3.10. The molecule has 0 radical (unpaired) electrons. The van der Waals surface area contributed by atoms with Crippen LogP contribution in [0.3, 0.4) is 0 Å². The maximum absolute atomic E-state index is 12.3. The van der Waals surface area contributed by atoms with Gasteiger partial charge in [0, 0.05) is 0 Å². The third kappa shape index (κ3) is 2.41. The lowest BCUT2D eigenvalue weighted by Gasteiger charge is -2.11. The number of hydrogen-bond acceptors (Lipinski definition) is 0. The molecule has 0 nitrogen and oxygen atoms in total. The minimum atomic E-state index is -2.51. The molecule has 13 heavy (non-hydrogen) atoms. The number of alkyl halides is 3. The predicted molar refractivity (Wildman–Crippen MR) is 50.5 cm³/mol. The summed E-state index contributed by atoms with van der Waals surface area (Å²) in [5.74, 6) is 0. The lowest BCUT2D eigenvalue weighted by molar-refractivity contribution is 0.142. The Labute approximate surface area is 81.5 Å². The van der Waals surface area contributed by atoms with E-state index in [4.69, 9.17) is 11.6 Å². The standard InChI is InChI=1S/C10H11ClF2/c1-6-3-4-8(7(2)5-6)9(11)10(12)13/h3-5,9-10H,1-2H3. The minimum absolute atomic E-state index is 0.516. The maximum atomic E-state index is 12.3. The molecule has 0 bridgehead atoms. The number of aryl methyl sites for hydroxylation is 2. The van der Waals surface area contributed by atoms with Gasteiger partial charge < -0.3 is 0 Å². The number of benzene rings is 1. The van der Waals surface area contributed by atoms with E-state index in [0.717, 1.165) is 11.1 Å². The summed E-state index contributed by atoms with van der Waals surface area (Å²) in [4.78, 5) is 0. The van der Waals surface area contributed by atoms with Crippen LogP contribution >= 0.6 is 11.6 Å². The monoisotopic (exact) mass is 204 g/mol. The van der Waals surface area contributed by atoms with Crippen LogP contribution in [-0.4, -0.2) is 6.43 Å². The normalized spacial score (nSPS) is 13.4. The van der Waals surface area contributed by atoms with Gasteiger partial charge in [-0.25, -0.2) is 8.78 Å². The SMILES string of the molecule is Cc1ccc(C(Cl)C(F)F)c(C)c1. The van der Waals surface area contributed by atoms with Gasteiger partial charge in [0.25, 0.3) is 6.43 Å². The zero-order valence-corrected chi connectivity index (χ0v) is 8.28. The summed E-state index contributed by atoms with van der Waals surface area (Å²) in [6.45, 7) is 3.71. The first-order valence-corrected chi connectivity index (χ1v) is 4.45. The van der Waals surface area contributed by atoms with Crippen LogP contribution in [-0.2, 0) is 0 Å². The lowest BCUT2D eigenvalue weighted by atomic mass is 10.0. The molecule has 0 aliphatic heterocycles. The van der Waals surface area contributed by atoms with Gasteiger partial charge in [-0.2, -0.15) is 0 Å². The fourth-order valence-electron chi connectivity index (χ4n) is 1.27. The van der Waals surface area contributed by atoms with E-state index < -0.39 is 11.8 Å². The number of rotatable bonds is 2. The van der Waals surface area contributed by atoms with Crippen LogP contribution in [0.5, 0.6) is 0 Å². The Kier molecular flexibility index (Phi) is 3.26. The molecule has 72 valence electrons. The fraction of sp³-hybridized carbons (Fsp3) is 0.400. The largest absolute Gasteiger partial charge is 0.258 e. The predicted octanol–water partition coefficient (Wildman–Crippen LogP) is 3.85. The first-order chi connectivity index (χ1) is 6.02. The van der Waals surface area contributed by atoms with Crippen molar-refractivity contribution in [3.8, 4) is 0 Å². The number of hydrogen-bond donors (Lipinski definition) is 0. The minimum Gasteiger partial charge on any atom is -0.208 e. The van der Waals surface area contributed by atoms with Crippen LogP contribution in [0.4, 0.5) is 8.78 Å². The van der Waals surface area contributed by atoms with Gasteiger partial charge in [0.1, 0.15) is 5.38 Å². The zero-order chi connectivity index (χ0) is 10.0. The smallest absolute Gasteiger partial charge is 0.208 e. The average molecular weight is 205 g/mol. The highest BCUT2D eigenvalue weighted by atomic mass is 35.5. The first kappa shape index (κ1) is 10.5. The van der Waals surface area contributed by atoms with Gasteiger partial charge in [0.05, 0.1) is 0 Å². The van der Waals surface area contributed by atoms with Gasteiger partial charge >= 0.3 is 0 Å². The fourth-order valence-corrected chi connectivity index (χ4v) is 1.52. The van der Waals surface area contributed by atoms with E-state index in [1.807, 2.05) is 13.0 Å². The van der Waals surface area contributed by atoms with Crippen molar-refractivity contribution < 1.29 is 8.78 Å². The Morgan fingerprint density at radius 1 is 1.23 bits per heavy atom. The van der Waals surface area contributed by atoms with E-state index in [1.165, 1.54) is 0 Å². The molecule has 1 rings (SSSR count). The molecule has 0 saturated carbocycles. The molecule has 0 aliphatic carbocycles. The van der Waals surface area contributed by atoms with E-state index in [9.17, 15) is 8.78 Å². The summed E-state index contributed by atoms with van der Waals surface area (Å²) in [6.07, 6.45) is -2.51. The average Bonchev–Trinajstić information content (AvgIpc) is 2.03. The highest BCUT2D eigenvalue weighted by molar-refractivity contribution is 6.21. The van der Waals surface area contributed by atoms with Crippen molar-refractivity contribution in [2.75, 3.05) is 0 Å². The zero-order valence-electron chi connectivity index (χ0n) is 7.52. The Bertz CT molecular complexity index is 297. The second-order valence-corrected chi connectivity index (χ2v) is 3.57. The molecule has 0 N–H and O–H groups in total. The summed E-state index contributed by atoms with van der Waals surface area (Å²) in [5, 5.41) is -1.19. The molecule has 1 aromatic rings. The van der Waals surface area contributed by atoms with Gasteiger partial charge in [-0.3, -0.25) is 0 Å². The highest BCUT2D eigenvalue weighted by Crippen LogP contribution is 2.29. The Morgan fingerprint density at radius 3 is 2.31 bits per heavy atom. The van der Waals surface area contributed by atoms with Gasteiger partial charge in [0.15, 0.2) is 0 Å². The van der Waals surface area contributed by atoms with Gasteiger partial charge in [-0.05, 0) is 25.0 Å². The van der Waals surface area contributed by atoms with Crippen molar-refractivity contribution in [2.24, 2.45) is 0 Å². The Balaban J connectivity index is 3.01. The van der Waals surface area contributed by atoms with Crippen molar-refractivity contribution >= 4 is 11.6 Å². The van der Waals surface area contributed by atoms with Crippen molar-refractivity contribution in [2.45, 2.75) is 25.7 Å². The molecule has 0 spiro atoms. The molecule has 0 aliphatic rings. The summed E-state index contributed by atoms with van der Waals surface area (Å²) in [6, 6.07) is 5.31. The van der Waals surface area contributed by atoms with Crippen LogP contribution < -0.4 is 0 Å². The summed E-state index contributed by atoms with van der Waals surface area (Å²) < 4.78 is 24.5. The Hall–Kier alpha value is -0.630. The molecule has 0 aromatic heterocycles. The molecule has 0 amide bonds. The number of halogens is 3. The summed E-state index contributed by atoms with van der Waals surface area (Å²) in [5.41, 5.74) is 2.39. The summed E-state index contributed by atoms with van der Waals surface area (Å²) >= 11 is 5.55. The molecule has 1 aromatic carbocycles. The van der Waals surface area contributed by atoms with Crippen molar-refractivity contribution in [1.82, 2.24) is 0 Å². The lowest BCUT2D eigenvalue weighted by Crippen LogP contribution is -2.03. The molecule has 1 unspecified atom stereocenters. The van der Waals surface area contributed by atoms with Gasteiger partial charge in [-0.1, -0.05) is 23.8 Å². The van der Waals surface area contributed by atoms with E-state index in [-0.39, 0.29) is 0 Å². The molecule has 1 atom stereocenters. The molecule has 0 heterocycles. The maximum Gasteiger partial charge on any atom is 0.258 e. The third-order valence-electron chi connectivity index (χ3n) is 1.94. The molecule has 3 heteroatoms. The van der Waals surface area contributed by atoms with E-state index in [2.05, 4.69) is 0 Å². The van der Waals surface area contributed by atoms with Crippen LogP contribution in [0.1, 0.15) is 22.1 Å². The molecule has 0 fully saturated rings. The van der Waals surface area contributed by atoms with E-state index in [0.29, 0.717) is 5.56 Å². The first-order valence-electron chi connectivity index (χ1n) is 4.01.